The van der Waals surface area contributed by atoms with Crippen molar-refractivity contribution in [2.45, 2.75) is 6.92 Å². The number of carbonyl (C=O) groups is 2. The van der Waals surface area contributed by atoms with Crippen LogP contribution in [0, 0.1) is 22.9 Å². The number of non-ortho nitro benzene ring substituents is 1. The van der Waals surface area contributed by atoms with E-state index in [-0.39, 0.29) is 22.5 Å². The molecule has 0 unspecified atom stereocenters. The number of halogens is 1. The van der Waals surface area contributed by atoms with E-state index in [1.54, 1.807) is 6.92 Å². The van der Waals surface area contributed by atoms with Crippen LogP contribution < -0.4 is 4.90 Å². The Hall–Kier alpha value is -3.09. The Morgan fingerprint density at radius 3 is 2.41 bits per heavy atom. The number of anilines is 1. The van der Waals surface area contributed by atoms with Gasteiger partial charge in [-0.25, -0.2) is 9.29 Å². The zero-order chi connectivity index (χ0) is 16.0. The molecule has 0 bridgehead atoms. The lowest BCUT2D eigenvalue weighted by molar-refractivity contribution is -0.384. The maximum atomic E-state index is 13.3. The number of carbonyl (C=O) groups excluding carboxylic acids is 2. The number of rotatable bonds is 2. The standard InChI is InChI=1S/C15H9FN2O4/c1-8-2-4-10(18(21)22)7-13(8)17-14(19)11-5-3-9(16)6-12(11)15(17)20/h2-7H,1H3. The molecule has 0 aliphatic carbocycles. The molecule has 0 fully saturated rings. The molecule has 2 amide bonds. The Labute approximate surface area is 123 Å². The summed E-state index contributed by atoms with van der Waals surface area (Å²) in [5.74, 6) is -1.94. The van der Waals surface area contributed by atoms with E-state index in [9.17, 15) is 24.1 Å². The molecule has 0 saturated carbocycles. The number of benzene rings is 2. The topological polar surface area (TPSA) is 80.5 Å². The van der Waals surface area contributed by atoms with Crippen molar-refractivity contribution in [3.8, 4) is 0 Å². The zero-order valence-corrected chi connectivity index (χ0v) is 11.4. The summed E-state index contributed by atoms with van der Waals surface area (Å²) in [6.45, 7) is 1.63. The molecule has 3 rings (SSSR count). The van der Waals surface area contributed by atoms with Gasteiger partial charge < -0.3 is 0 Å². The number of fused-ring (bicyclic) bond motifs is 1. The molecule has 0 N–H and O–H groups in total. The fourth-order valence-corrected chi connectivity index (χ4v) is 2.38. The molecule has 0 spiro atoms. The second-order valence-electron chi connectivity index (χ2n) is 4.86. The van der Waals surface area contributed by atoms with Crippen molar-refractivity contribution in [1.82, 2.24) is 0 Å². The molecular weight excluding hydrogens is 291 g/mol. The minimum atomic E-state index is -0.692. The average Bonchev–Trinajstić information content (AvgIpc) is 2.71. The Bertz CT molecular complexity index is 847. The van der Waals surface area contributed by atoms with Gasteiger partial charge >= 0.3 is 0 Å². The number of aryl methyl sites for hydroxylation is 1. The van der Waals surface area contributed by atoms with Crippen molar-refractivity contribution in [2.75, 3.05) is 4.90 Å². The highest BCUT2D eigenvalue weighted by Gasteiger charge is 2.38. The van der Waals surface area contributed by atoms with Crippen molar-refractivity contribution >= 4 is 23.2 Å². The summed E-state index contributed by atoms with van der Waals surface area (Å²) in [4.78, 5) is 35.8. The molecular formula is C15H9FN2O4. The van der Waals surface area contributed by atoms with Crippen LogP contribution in [0.25, 0.3) is 0 Å². The number of nitrogens with zero attached hydrogens (tertiary/aromatic N) is 2. The Kier molecular flexibility index (Phi) is 2.98. The molecule has 1 aliphatic heterocycles. The van der Waals surface area contributed by atoms with Crippen LogP contribution in [0.1, 0.15) is 26.3 Å². The van der Waals surface area contributed by atoms with Crippen LogP contribution in [0.2, 0.25) is 0 Å². The van der Waals surface area contributed by atoms with Crippen molar-refractivity contribution < 1.29 is 18.9 Å². The summed E-state index contributed by atoms with van der Waals surface area (Å²) in [6, 6.07) is 7.22. The highest BCUT2D eigenvalue weighted by atomic mass is 19.1. The lowest BCUT2D eigenvalue weighted by atomic mass is 10.1. The van der Waals surface area contributed by atoms with Crippen molar-refractivity contribution in [1.29, 1.82) is 0 Å². The van der Waals surface area contributed by atoms with Gasteiger partial charge in [0.25, 0.3) is 17.5 Å². The van der Waals surface area contributed by atoms with Gasteiger partial charge in [-0.1, -0.05) is 6.07 Å². The third-order valence-electron chi connectivity index (χ3n) is 3.49. The maximum absolute atomic E-state index is 13.3. The largest absolute Gasteiger partial charge is 0.271 e. The molecule has 2 aromatic rings. The van der Waals surface area contributed by atoms with Crippen LogP contribution in [-0.2, 0) is 0 Å². The summed E-state index contributed by atoms with van der Waals surface area (Å²) < 4.78 is 13.3. The minimum Gasteiger partial charge on any atom is -0.268 e. The summed E-state index contributed by atoms with van der Waals surface area (Å²) in [6.07, 6.45) is 0. The van der Waals surface area contributed by atoms with Crippen LogP contribution in [0.4, 0.5) is 15.8 Å². The first-order chi connectivity index (χ1) is 10.4. The van der Waals surface area contributed by atoms with E-state index in [2.05, 4.69) is 0 Å². The van der Waals surface area contributed by atoms with Gasteiger partial charge in [0.05, 0.1) is 21.7 Å². The molecule has 0 radical (unpaired) electrons. The lowest BCUT2D eigenvalue weighted by Gasteiger charge is -2.16. The maximum Gasteiger partial charge on any atom is 0.271 e. The molecule has 7 heteroatoms. The summed E-state index contributed by atoms with van der Waals surface area (Å²) >= 11 is 0. The smallest absolute Gasteiger partial charge is 0.268 e. The zero-order valence-electron chi connectivity index (χ0n) is 11.4. The van der Waals surface area contributed by atoms with E-state index in [1.165, 1.54) is 18.2 Å². The first-order valence-electron chi connectivity index (χ1n) is 6.33. The Morgan fingerprint density at radius 1 is 1.05 bits per heavy atom. The molecule has 6 nitrogen and oxygen atoms in total. The minimum absolute atomic E-state index is 0.0455. The van der Waals surface area contributed by atoms with Gasteiger partial charge in [-0.2, -0.15) is 0 Å². The van der Waals surface area contributed by atoms with Crippen molar-refractivity contribution in [3.63, 3.8) is 0 Å². The van der Waals surface area contributed by atoms with Crippen LogP contribution in [0.5, 0.6) is 0 Å². The third-order valence-corrected chi connectivity index (χ3v) is 3.49. The second kappa shape index (κ2) is 4.73. The van der Waals surface area contributed by atoms with E-state index >= 15 is 0 Å². The highest BCUT2D eigenvalue weighted by molar-refractivity contribution is 6.34. The van der Waals surface area contributed by atoms with Crippen molar-refractivity contribution in [2.24, 2.45) is 0 Å². The third kappa shape index (κ3) is 1.95. The van der Waals surface area contributed by atoms with Gasteiger partial charge in [-0.3, -0.25) is 19.7 Å². The number of amides is 2. The fraction of sp³-hybridized carbons (Fsp3) is 0.0667. The number of imide groups is 1. The average molecular weight is 300 g/mol. The molecule has 0 saturated heterocycles. The molecule has 22 heavy (non-hydrogen) atoms. The van der Waals surface area contributed by atoms with Gasteiger partial charge in [-0.05, 0) is 30.7 Å². The van der Waals surface area contributed by atoms with Crippen LogP contribution >= 0.6 is 0 Å². The normalized spacial score (nSPS) is 13.5. The Morgan fingerprint density at radius 2 is 1.73 bits per heavy atom. The molecule has 2 aromatic carbocycles. The van der Waals surface area contributed by atoms with E-state index in [4.69, 9.17) is 0 Å². The first-order valence-corrected chi connectivity index (χ1v) is 6.33. The Balaban J connectivity index is 2.15. The van der Waals surface area contributed by atoms with Crippen LogP contribution in [0.3, 0.4) is 0 Å². The van der Waals surface area contributed by atoms with E-state index < -0.39 is 22.6 Å². The molecule has 0 aromatic heterocycles. The number of hydrogen-bond donors (Lipinski definition) is 0. The predicted octanol–water partition coefficient (Wildman–Crippen LogP) is 2.84. The lowest BCUT2D eigenvalue weighted by Crippen LogP contribution is -2.30. The second-order valence-corrected chi connectivity index (χ2v) is 4.86. The quantitative estimate of drug-likeness (QED) is 0.485. The summed E-state index contributed by atoms with van der Waals surface area (Å²) in [7, 11) is 0. The van der Waals surface area contributed by atoms with Gasteiger partial charge in [0.15, 0.2) is 0 Å². The summed E-state index contributed by atoms with van der Waals surface area (Å²) in [5.41, 5.74) is 0.456. The van der Waals surface area contributed by atoms with Gasteiger partial charge in [0, 0.05) is 12.1 Å². The van der Waals surface area contributed by atoms with E-state index in [1.807, 2.05) is 0 Å². The fourth-order valence-electron chi connectivity index (χ4n) is 2.38. The molecule has 1 aliphatic rings. The highest BCUT2D eigenvalue weighted by Crippen LogP contribution is 2.33. The summed E-state index contributed by atoms with van der Waals surface area (Å²) in [5, 5.41) is 10.9. The number of hydrogen-bond acceptors (Lipinski definition) is 4. The first kappa shape index (κ1) is 13.9. The van der Waals surface area contributed by atoms with E-state index in [0.717, 1.165) is 23.1 Å². The number of nitro groups is 1. The van der Waals surface area contributed by atoms with Gasteiger partial charge in [0.2, 0.25) is 0 Å². The van der Waals surface area contributed by atoms with Gasteiger partial charge in [0.1, 0.15) is 5.82 Å². The van der Waals surface area contributed by atoms with Gasteiger partial charge in [-0.15, -0.1) is 0 Å². The van der Waals surface area contributed by atoms with Crippen LogP contribution in [0.15, 0.2) is 36.4 Å². The predicted molar refractivity (Wildman–Crippen MR) is 75.4 cm³/mol. The molecule has 1 heterocycles. The van der Waals surface area contributed by atoms with Crippen LogP contribution in [-0.4, -0.2) is 16.7 Å². The van der Waals surface area contributed by atoms with Crippen molar-refractivity contribution in [3.05, 3.63) is 69.0 Å². The number of nitro benzene ring substituents is 1. The monoisotopic (exact) mass is 300 g/mol. The molecule has 0 atom stereocenters. The molecule has 110 valence electrons. The van der Waals surface area contributed by atoms with E-state index in [0.29, 0.717) is 5.56 Å². The SMILES string of the molecule is Cc1ccc([N+](=O)[O-])cc1N1C(=O)c2ccc(F)cc2C1=O.